The third-order valence-corrected chi connectivity index (χ3v) is 3.07. The number of hydrogen-bond acceptors (Lipinski definition) is 2. The molecule has 0 fully saturated rings. The molecule has 74 valence electrons. The van der Waals surface area contributed by atoms with Crippen molar-refractivity contribution in [2.45, 2.75) is 45.6 Å². The first kappa shape index (κ1) is 12.1. The van der Waals surface area contributed by atoms with E-state index in [1.54, 1.807) is 0 Å². The molecule has 0 aliphatic carbocycles. The van der Waals surface area contributed by atoms with Gasteiger partial charge in [-0.25, -0.2) is 0 Å². The van der Waals surface area contributed by atoms with Crippen LogP contribution in [0.4, 0.5) is 0 Å². The zero-order chi connectivity index (χ0) is 9.45. The van der Waals surface area contributed by atoms with Crippen LogP contribution in [0.5, 0.6) is 0 Å². The van der Waals surface area contributed by atoms with E-state index in [-0.39, 0.29) is 5.60 Å². The van der Waals surface area contributed by atoms with Crippen LogP contribution in [-0.4, -0.2) is 29.3 Å². The fraction of sp³-hybridized carbons (Fsp3) is 1.00. The lowest BCUT2D eigenvalue weighted by atomic mass is 10.0. The van der Waals surface area contributed by atoms with Crippen LogP contribution in [0, 0.1) is 0 Å². The predicted molar refractivity (Wildman–Crippen MR) is 55.4 cm³/mol. The Morgan fingerprint density at radius 2 is 1.92 bits per heavy atom. The smallest absolute Gasteiger partial charge is 0.146 e. The third-order valence-electron chi connectivity index (χ3n) is 1.97. The lowest BCUT2D eigenvalue weighted by molar-refractivity contribution is 0.0806. The second-order valence-electron chi connectivity index (χ2n) is 3.68. The second-order valence-corrected chi connectivity index (χ2v) is 4.09. The predicted octanol–water partition coefficient (Wildman–Crippen LogP) is 1.27. The van der Waals surface area contributed by atoms with Crippen LogP contribution in [0.3, 0.4) is 0 Å². The summed E-state index contributed by atoms with van der Waals surface area (Å²) < 4.78 is 10.8. The Morgan fingerprint density at radius 1 is 1.25 bits per heavy atom. The first-order valence-corrected chi connectivity index (χ1v) is 5.57. The van der Waals surface area contributed by atoms with Gasteiger partial charge in [-0.15, -0.1) is 0 Å². The molecule has 0 aromatic rings. The van der Waals surface area contributed by atoms with E-state index in [2.05, 4.69) is 20.8 Å². The van der Waals surface area contributed by atoms with Crippen LogP contribution in [0.25, 0.3) is 0 Å². The molecule has 0 spiro atoms. The van der Waals surface area contributed by atoms with E-state index in [1.807, 2.05) is 0 Å². The molecule has 0 aromatic carbocycles. The van der Waals surface area contributed by atoms with Crippen molar-refractivity contribution in [1.82, 2.24) is 0 Å². The fourth-order valence-electron chi connectivity index (χ4n) is 0.948. The highest BCUT2D eigenvalue weighted by molar-refractivity contribution is 5.98. The Morgan fingerprint density at radius 3 is 2.42 bits per heavy atom. The highest BCUT2D eigenvalue weighted by atomic mass is 28.2. The van der Waals surface area contributed by atoms with Crippen LogP contribution in [0.1, 0.15) is 40.0 Å². The lowest BCUT2D eigenvalue weighted by Crippen LogP contribution is -2.23. The molecule has 0 heterocycles. The van der Waals surface area contributed by atoms with Crippen molar-refractivity contribution >= 4 is 10.5 Å². The maximum atomic E-state index is 5.43. The lowest BCUT2D eigenvalue weighted by Gasteiger charge is -2.23. The van der Waals surface area contributed by atoms with Crippen molar-refractivity contribution in [3.05, 3.63) is 0 Å². The summed E-state index contributed by atoms with van der Waals surface area (Å²) in [4.78, 5) is 0. The molecule has 0 saturated carbocycles. The molecule has 3 heteroatoms. The molecule has 0 aliphatic rings. The summed E-state index contributed by atoms with van der Waals surface area (Å²) in [7, 11) is 0.826. The van der Waals surface area contributed by atoms with Crippen LogP contribution in [0.2, 0.25) is 0 Å². The van der Waals surface area contributed by atoms with Gasteiger partial charge in [-0.3, -0.25) is 0 Å². The maximum Gasteiger partial charge on any atom is 0.146 e. The molecule has 0 aromatic heterocycles. The third kappa shape index (κ3) is 6.82. The van der Waals surface area contributed by atoms with Gasteiger partial charge < -0.3 is 9.16 Å². The molecule has 0 atom stereocenters. The Bertz CT molecular complexity index is 105. The van der Waals surface area contributed by atoms with Crippen LogP contribution in [0.15, 0.2) is 0 Å². The Hall–Kier alpha value is 0.137. The quantitative estimate of drug-likeness (QED) is 0.444. The van der Waals surface area contributed by atoms with Crippen molar-refractivity contribution in [3.8, 4) is 0 Å². The van der Waals surface area contributed by atoms with E-state index in [4.69, 9.17) is 9.16 Å². The molecule has 0 saturated heterocycles. The van der Waals surface area contributed by atoms with E-state index in [9.17, 15) is 0 Å². The number of rotatable bonds is 7. The summed E-state index contributed by atoms with van der Waals surface area (Å²) in [5.74, 6) is 0. The number of ether oxygens (including phenoxy) is 1. The average Bonchev–Trinajstić information content (AvgIpc) is 2.04. The monoisotopic (exact) mass is 190 g/mol. The van der Waals surface area contributed by atoms with Gasteiger partial charge in [-0.2, -0.15) is 0 Å². The minimum atomic E-state index is 0.0712. The maximum absolute atomic E-state index is 5.43. The summed E-state index contributed by atoms with van der Waals surface area (Å²) in [6.45, 7) is 8.18. The molecule has 0 radical (unpaired) electrons. The average molecular weight is 190 g/mol. The first-order chi connectivity index (χ1) is 5.62. The van der Waals surface area contributed by atoms with Gasteiger partial charge in [0.25, 0.3) is 0 Å². The standard InChI is InChI=1S/C9H22O2Si/c1-4-7-10-8-5-6-9(2,3)11-12/h4-8H2,1-3,12H3. The van der Waals surface area contributed by atoms with Gasteiger partial charge in [-0.1, -0.05) is 6.92 Å². The molecule has 0 unspecified atom stereocenters. The van der Waals surface area contributed by atoms with Crippen LogP contribution >= 0.6 is 0 Å². The fourth-order valence-corrected chi connectivity index (χ4v) is 1.15. The highest BCUT2D eigenvalue weighted by Gasteiger charge is 2.14. The topological polar surface area (TPSA) is 18.5 Å². The molecule has 0 amide bonds. The Kier molecular flexibility index (Phi) is 6.71. The zero-order valence-electron chi connectivity index (χ0n) is 8.85. The van der Waals surface area contributed by atoms with Gasteiger partial charge in [0, 0.05) is 18.8 Å². The van der Waals surface area contributed by atoms with E-state index in [0.717, 1.165) is 43.0 Å². The van der Waals surface area contributed by atoms with Gasteiger partial charge >= 0.3 is 0 Å². The van der Waals surface area contributed by atoms with Crippen molar-refractivity contribution < 1.29 is 9.16 Å². The summed E-state index contributed by atoms with van der Waals surface area (Å²) in [6.07, 6.45) is 3.32. The van der Waals surface area contributed by atoms with E-state index in [1.165, 1.54) is 0 Å². The van der Waals surface area contributed by atoms with Gasteiger partial charge in [0.2, 0.25) is 0 Å². The second kappa shape index (κ2) is 6.63. The van der Waals surface area contributed by atoms with Crippen molar-refractivity contribution in [2.75, 3.05) is 13.2 Å². The van der Waals surface area contributed by atoms with Crippen LogP contribution in [-0.2, 0) is 9.16 Å². The molecule has 0 aliphatic heterocycles. The molecule has 0 rings (SSSR count). The van der Waals surface area contributed by atoms with E-state index >= 15 is 0 Å². The Balaban J connectivity index is 3.19. The highest BCUT2D eigenvalue weighted by Crippen LogP contribution is 2.14. The zero-order valence-corrected chi connectivity index (χ0v) is 10.9. The van der Waals surface area contributed by atoms with Gasteiger partial charge in [-0.05, 0) is 33.1 Å². The first-order valence-electron chi connectivity index (χ1n) is 4.75. The normalized spacial score (nSPS) is 12.2. The summed E-state index contributed by atoms with van der Waals surface area (Å²) in [5.41, 5.74) is 0.0712. The molecular weight excluding hydrogens is 168 g/mol. The van der Waals surface area contributed by atoms with E-state index in [0.29, 0.717) is 0 Å². The van der Waals surface area contributed by atoms with Crippen molar-refractivity contribution in [3.63, 3.8) is 0 Å². The Labute approximate surface area is 79.2 Å². The van der Waals surface area contributed by atoms with Crippen LogP contribution < -0.4 is 0 Å². The van der Waals surface area contributed by atoms with E-state index < -0.39 is 0 Å². The summed E-state index contributed by atoms with van der Waals surface area (Å²) in [6, 6.07) is 0. The molecule has 2 nitrogen and oxygen atoms in total. The molecule has 0 bridgehead atoms. The van der Waals surface area contributed by atoms with Gasteiger partial charge in [0.15, 0.2) is 0 Å². The van der Waals surface area contributed by atoms with Crippen molar-refractivity contribution in [2.24, 2.45) is 0 Å². The largest absolute Gasteiger partial charge is 0.423 e. The van der Waals surface area contributed by atoms with Gasteiger partial charge in [0.1, 0.15) is 10.5 Å². The minimum Gasteiger partial charge on any atom is -0.423 e. The molecule has 12 heavy (non-hydrogen) atoms. The summed E-state index contributed by atoms with van der Waals surface area (Å²) >= 11 is 0. The van der Waals surface area contributed by atoms with Gasteiger partial charge in [0.05, 0.1) is 0 Å². The number of hydrogen-bond donors (Lipinski definition) is 0. The minimum absolute atomic E-state index is 0.0712. The van der Waals surface area contributed by atoms with Crippen molar-refractivity contribution in [1.29, 1.82) is 0 Å². The summed E-state index contributed by atoms with van der Waals surface area (Å²) in [5, 5.41) is 0. The molecule has 0 N–H and O–H groups in total. The molecular formula is C9H22O2Si. The SMILES string of the molecule is CCCOCCCC(C)(C)O[SiH3].